The molecule has 1 aliphatic rings. The van der Waals surface area contributed by atoms with Crippen molar-refractivity contribution >= 4 is 91.5 Å². The van der Waals surface area contributed by atoms with Gasteiger partial charge in [-0.2, -0.15) is 0 Å². The minimum atomic E-state index is -0.709. The largest absolute Gasteiger partial charge is 0.506 e. The first-order chi connectivity index (χ1) is 16.7. The number of ether oxygens (including phenoxy) is 2. The lowest BCUT2D eigenvalue weighted by atomic mass is 10.1. The summed E-state index contributed by atoms with van der Waals surface area (Å²) in [5.74, 6) is -0.553. The van der Waals surface area contributed by atoms with Crippen LogP contribution in [0.1, 0.15) is 37.8 Å². The van der Waals surface area contributed by atoms with Crippen LogP contribution in [-0.4, -0.2) is 28.6 Å². The predicted octanol–water partition coefficient (Wildman–Crippen LogP) is 7.32. The van der Waals surface area contributed by atoms with Crippen LogP contribution in [0.15, 0.2) is 57.6 Å². The van der Waals surface area contributed by atoms with E-state index in [1.807, 2.05) is 43.3 Å². The second-order valence-corrected chi connectivity index (χ2v) is 11.1. The fraction of sp³-hybridized carbons (Fsp3) is 0.240. The Balaban J connectivity index is 1.88. The number of aliphatic hydroxyl groups is 1. The molecule has 35 heavy (non-hydrogen) atoms. The summed E-state index contributed by atoms with van der Waals surface area (Å²) in [6, 6.07) is 11.3. The second kappa shape index (κ2) is 13.1. The van der Waals surface area contributed by atoms with Crippen molar-refractivity contribution in [2.45, 2.75) is 33.3 Å². The Kier molecular flexibility index (Phi) is 10.5. The topological polar surface area (TPSA) is 85.2 Å². The van der Waals surface area contributed by atoms with Gasteiger partial charge in [0.1, 0.15) is 28.7 Å². The van der Waals surface area contributed by atoms with Crippen molar-refractivity contribution in [3.05, 3.63) is 75.9 Å². The van der Waals surface area contributed by atoms with Gasteiger partial charge in [-0.3, -0.25) is 4.79 Å². The molecule has 1 N–H and O–H groups in total. The van der Waals surface area contributed by atoms with Gasteiger partial charge in [0.2, 0.25) is 5.91 Å². The maximum Gasteiger partial charge on any atom is 0.344 e. The van der Waals surface area contributed by atoms with E-state index in [0.29, 0.717) is 23.0 Å². The normalized spacial score (nSPS) is 15.7. The summed E-state index contributed by atoms with van der Waals surface area (Å²) in [5, 5.41) is 11.6. The highest BCUT2D eigenvalue weighted by atomic mass is 127. The first-order valence-electron chi connectivity index (χ1n) is 10.7. The molecule has 0 bridgehead atoms. The summed E-state index contributed by atoms with van der Waals surface area (Å²) in [6.45, 7) is 4.09. The monoisotopic (exact) mass is 737 g/mol. The number of benzene rings is 2. The van der Waals surface area contributed by atoms with E-state index in [1.165, 1.54) is 0 Å². The lowest BCUT2D eigenvalue weighted by molar-refractivity contribution is -0.138. The zero-order valence-electron chi connectivity index (χ0n) is 18.9. The summed E-state index contributed by atoms with van der Waals surface area (Å²) >= 11 is 11.4. The SMILES string of the molecule is CCCC(=O)N=C1S/C(=C\c2cc(I)c(OCc3ccc(Cl)cc3)c(I)c2)C(O)=C1C(=O)OCC. The van der Waals surface area contributed by atoms with Crippen molar-refractivity contribution in [3.8, 4) is 5.75 Å². The van der Waals surface area contributed by atoms with E-state index in [2.05, 4.69) is 50.2 Å². The highest BCUT2D eigenvalue weighted by Gasteiger charge is 2.33. The zero-order chi connectivity index (χ0) is 25.5. The van der Waals surface area contributed by atoms with Gasteiger partial charge in [0, 0.05) is 11.4 Å². The van der Waals surface area contributed by atoms with Crippen molar-refractivity contribution in [1.29, 1.82) is 0 Å². The number of esters is 1. The number of nitrogens with zero attached hydrogens (tertiary/aromatic N) is 1. The van der Waals surface area contributed by atoms with Crippen LogP contribution in [0, 0.1) is 7.14 Å². The fourth-order valence-corrected chi connectivity index (χ4v) is 6.35. The molecule has 2 aromatic carbocycles. The molecule has 0 unspecified atom stereocenters. The fourth-order valence-electron chi connectivity index (χ4n) is 3.06. The van der Waals surface area contributed by atoms with Crippen LogP contribution in [0.4, 0.5) is 0 Å². The summed E-state index contributed by atoms with van der Waals surface area (Å²) in [5.41, 5.74) is 1.72. The van der Waals surface area contributed by atoms with E-state index in [1.54, 1.807) is 13.0 Å². The first kappa shape index (κ1) is 28.0. The summed E-state index contributed by atoms with van der Waals surface area (Å²) in [7, 11) is 0. The number of halogens is 3. The van der Waals surface area contributed by atoms with Crippen LogP contribution in [0.3, 0.4) is 0 Å². The maximum absolute atomic E-state index is 12.5. The number of carbonyl (C=O) groups is 2. The minimum Gasteiger partial charge on any atom is -0.506 e. The van der Waals surface area contributed by atoms with Crippen LogP contribution in [0.2, 0.25) is 5.02 Å². The van der Waals surface area contributed by atoms with Crippen molar-refractivity contribution in [1.82, 2.24) is 0 Å². The predicted molar refractivity (Wildman–Crippen MR) is 157 cm³/mol. The van der Waals surface area contributed by atoms with Crippen molar-refractivity contribution < 1.29 is 24.2 Å². The van der Waals surface area contributed by atoms with E-state index in [9.17, 15) is 14.7 Å². The van der Waals surface area contributed by atoms with Crippen molar-refractivity contribution in [2.24, 2.45) is 4.99 Å². The third-order valence-electron chi connectivity index (χ3n) is 4.68. The van der Waals surface area contributed by atoms with Gasteiger partial charge in [-0.05, 0) is 100.0 Å². The van der Waals surface area contributed by atoms with E-state index < -0.39 is 5.97 Å². The molecule has 0 fully saturated rings. The van der Waals surface area contributed by atoms with Crippen molar-refractivity contribution in [2.75, 3.05) is 6.61 Å². The molecule has 0 radical (unpaired) electrons. The molecule has 2 aromatic rings. The molecule has 184 valence electrons. The number of aliphatic hydroxyl groups excluding tert-OH is 1. The van der Waals surface area contributed by atoms with E-state index in [0.717, 1.165) is 35.8 Å². The van der Waals surface area contributed by atoms with E-state index in [-0.39, 0.29) is 35.3 Å². The van der Waals surface area contributed by atoms with Crippen LogP contribution >= 0.6 is 68.5 Å². The van der Waals surface area contributed by atoms with E-state index in [4.69, 9.17) is 21.1 Å². The third kappa shape index (κ3) is 7.46. The lowest BCUT2D eigenvalue weighted by Crippen LogP contribution is -2.14. The highest BCUT2D eigenvalue weighted by Crippen LogP contribution is 2.40. The molecule has 0 aromatic heterocycles. The molecular weight excluding hydrogens is 716 g/mol. The van der Waals surface area contributed by atoms with Gasteiger partial charge in [0.15, 0.2) is 0 Å². The van der Waals surface area contributed by atoms with Crippen molar-refractivity contribution in [3.63, 3.8) is 0 Å². The quantitative estimate of drug-likeness (QED) is 0.226. The molecule has 1 aliphatic heterocycles. The average Bonchev–Trinajstić information content (AvgIpc) is 3.09. The standard InChI is InChI=1S/C25H22ClI2NO5S/c1-3-5-20(30)29-24-21(25(32)33-4-2)22(31)19(35-24)12-15-10-17(27)23(18(28)11-15)34-13-14-6-8-16(26)9-7-14/h6-12,31H,3-5,13H2,1-2H3/b19-12-,29-24?. The molecule has 0 spiro atoms. The number of hydrogen-bond acceptors (Lipinski definition) is 6. The third-order valence-corrected chi connectivity index (χ3v) is 7.55. The number of carbonyl (C=O) groups excluding carboxylic acids is 2. The second-order valence-electron chi connectivity index (χ2n) is 7.34. The molecule has 10 heteroatoms. The summed E-state index contributed by atoms with van der Waals surface area (Å²) < 4.78 is 12.9. The minimum absolute atomic E-state index is 0.0835. The van der Waals surface area contributed by atoms with Crippen LogP contribution in [-0.2, 0) is 20.9 Å². The molecule has 6 nitrogen and oxygen atoms in total. The molecule has 1 heterocycles. The Bertz CT molecular complexity index is 1200. The van der Waals surface area contributed by atoms with Gasteiger partial charge >= 0.3 is 5.97 Å². The van der Waals surface area contributed by atoms with Gasteiger partial charge in [-0.25, -0.2) is 9.79 Å². The molecule has 0 atom stereocenters. The Labute approximate surface area is 240 Å². The van der Waals surface area contributed by atoms with Gasteiger partial charge in [0.05, 0.1) is 18.7 Å². The maximum atomic E-state index is 12.5. The van der Waals surface area contributed by atoms with Gasteiger partial charge in [-0.15, -0.1) is 0 Å². The Morgan fingerprint density at radius 3 is 2.40 bits per heavy atom. The average molecular weight is 738 g/mol. The van der Waals surface area contributed by atoms with Gasteiger partial charge < -0.3 is 14.6 Å². The number of rotatable bonds is 8. The lowest BCUT2D eigenvalue weighted by Gasteiger charge is -2.12. The molecule has 0 saturated heterocycles. The number of aliphatic imine (C=N–C) groups is 1. The smallest absolute Gasteiger partial charge is 0.344 e. The summed E-state index contributed by atoms with van der Waals surface area (Å²) in [6.07, 6.45) is 2.64. The van der Waals surface area contributed by atoms with Crippen LogP contribution in [0.5, 0.6) is 5.75 Å². The molecule has 0 saturated carbocycles. The van der Waals surface area contributed by atoms with Gasteiger partial charge in [0.25, 0.3) is 0 Å². The Morgan fingerprint density at radius 2 is 1.80 bits per heavy atom. The molecular formula is C25H22ClI2NO5S. The number of amides is 1. The van der Waals surface area contributed by atoms with Crippen LogP contribution in [0.25, 0.3) is 6.08 Å². The van der Waals surface area contributed by atoms with Gasteiger partial charge in [-0.1, -0.05) is 42.4 Å². The first-order valence-corrected chi connectivity index (χ1v) is 14.1. The summed E-state index contributed by atoms with van der Waals surface area (Å²) in [4.78, 5) is 29.0. The Morgan fingerprint density at radius 1 is 1.14 bits per heavy atom. The molecule has 1 amide bonds. The van der Waals surface area contributed by atoms with E-state index >= 15 is 0 Å². The number of hydrogen-bond donors (Lipinski definition) is 1. The number of thioether (sulfide) groups is 1. The Hall–Kier alpha value is -1.57. The zero-order valence-corrected chi connectivity index (χ0v) is 24.8. The molecule has 0 aliphatic carbocycles. The van der Waals surface area contributed by atoms with Crippen LogP contribution < -0.4 is 4.74 Å². The molecule has 3 rings (SSSR count). The highest BCUT2D eigenvalue weighted by molar-refractivity contribution is 14.1.